The molecule has 7 heterocycles. The fraction of sp³-hybridized carbons (Fsp3) is 0.545. The van der Waals surface area contributed by atoms with Crippen LogP contribution in [0.4, 0.5) is 9.59 Å². The van der Waals surface area contributed by atoms with E-state index in [-0.39, 0.29) is 35.7 Å². The molecule has 1 aliphatic carbocycles. The van der Waals surface area contributed by atoms with Crippen molar-refractivity contribution in [1.82, 2.24) is 40.4 Å². The normalized spacial score (nSPS) is 22.6. The summed E-state index contributed by atoms with van der Waals surface area (Å²) in [6.07, 6.45) is 11.0. The van der Waals surface area contributed by atoms with Gasteiger partial charge < -0.3 is 49.3 Å². The van der Waals surface area contributed by atoms with Gasteiger partial charge in [0.15, 0.2) is 0 Å². The van der Waals surface area contributed by atoms with Crippen molar-refractivity contribution < 1.29 is 38.1 Å². The summed E-state index contributed by atoms with van der Waals surface area (Å²) in [6.45, 7) is 3.29. The lowest BCUT2D eigenvalue weighted by Gasteiger charge is -2.34. The van der Waals surface area contributed by atoms with E-state index < -0.39 is 24.3 Å². The number of imidazole rings is 2. The van der Waals surface area contributed by atoms with Crippen molar-refractivity contribution in [3.8, 4) is 32.3 Å². The van der Waals surface area contributed by atoms with E-state index in [1.807, 2.05) is 22.2 Å². The lowest BCUT2D eigenvalue weighted by Crippen LogP contribution is -2.53. The maximum absolute atomic E-state index is 14.1. The minimum atomic E-state index is -0.723. The van der Waals surface area contributed by atoms with Gasteiger partial charge in [0.05, 0.1) is 61.6 Å². The van der Waals surface area contributed by atoms with E-state index in [9.17, 15) is 19.2 Å². The minimum Gasteiger partial charge on any atom is -0.453 e. The van der Waals surface area contributed by atoms with E-state index >= 15 is 0 Å². The lowest BCUT2D eigenvalue weighted by molar-refractivity contribution is -0.137. The van der Waals surface area contributed by atoms with Crippen LogP contribution >= 0.6 is 11.3 Å². The van der Waals surface area contributed by atoms with Gasteiger partial charge in [-0.25, -0.2) is 19.6 Å². The molecule has 4 aliphatic heterocycles. The number of likely N-dealkylation sites (tertiary alicyclic amines) is 2. The molecule has 16 nitrogen and oxygen atoms in total. The maximum atomic E-state index is 14.1. The molecule has 17 heteroatoms. The van der Waals surface area contributed by atoms with Gasteiger partial charge >= 0.3 is 12.2 Å². The van der Waals surface area contributed by atoms with Gasteiger partial charge in [-0.3, -0.25) is 9.59 Å². The number of amides is 4. The Labute approximate surface area is 358 Å². The van der Waals surface area contributed by atoms with Gasteiger partial charge in [-0.05, 0) is 92.4 Å². The number of hydrogen-bond donors (Lipinski definition) is 4. The molecule has 0 radical (unpaired) electrons. The van der Waals surface area contributed by atoms with E-state index in [2.05, 4.69) is 44.9 Å². The van der Waals surface area contributed by atoms with Gasteiger partial charge in [0.2, 0.25) is 11.8 Å². The third-order valence-corrected chi connectivity index (χ3v) is 14.5. The van der Waals surface area contributed by atoms with E-state index in [0.29, 0.717) is 58.8 Å². The van der Waals surface area contributed by atoms with Crippen LogP contribution in [0.3, 0.4) is 0 Å². The standard InChI is InChI=1S/C44H54N8O8S/c1-57-43(55)49-35(26-14-19-59-20-15-26)41(53)51-17-5-9-34(51)40-46-23-32(48-40)38-30-7-3-6-29(30)37(61-38)27-12-10-25(11-13-27)31-22-45-39(47-31)33-8-4-18-52(33)42(54)36(50-44(56)58-2)28-16-21-60-24-28/h10-13,22-23,26,28,33-36H,3-9,14-21,24H2,1-2H3,(H,45,47)(H,46,48)(H,49,55)(H,50,56)/t28?,33-,34-,35?,36?/m0/s1. The van der Waals surface area contributed by atoms with Crippen molar-refractivity contribution in [2.75, 3.05) is 53.7 Å². The Kier molecular flexibility index (Phi) is 12.1. The Bertz CT molecular complexity index is 2220. The molecule has 9 rings (SSSR count). The topological polar surface area (TPSA) is 193 Å². The van der Waals surface area contributed by atoms with Gasteiger partial charge in [-0.2, -0.15) is 0 Å². The summed E-state index contributed by atoms with van der Waals surface area (Å²) in [5.41, 5.74) is 6.72. The van der Waals surface area contributed by atoms with Crippen LogP contribution in [-0.2, 0) is 41.4 Å². The van der Waals surface area contributed by atoms with Crippen molar-refractivity contribution in [3.05, 3.63) is 59.4 Å². The molecule has 4 aromatic rings. The second-order valence-electron chi connectivity index (χ2n) is 16.7. The second-order valence-corrected chi connectivity index (χ2v) is 17.7. The summed E-state index contributed by atoms with van der Waals surface area (Å²) >= 11 is 1.78. The van der Waals surface area contributed by atoms with Gasteiger partial charge in [0.25, 0.3) is 0 Å². The summed E-state index contributed by atoms with van der Waals surface area (Å²) in [7, 11) is 2.62. The van der Waals surface area contributed by atoms with Gasteiger partial charge in [0, 0.05) is 43.7 Å². The number of ether oxygens (including phenoxy) is 4. The van der Waals surface area contributed by atoms with E-state index in [0.717, 1.165) is 79.1 Å². The monoisotopic (exact) mass is 854 g/mol. The first-order chi connectivity index (χ1) is 29.8. The fourth-order valence-corrected chi connectivity index (χ4v) is 11.4. The molecule has 61 heavy (non-hydrogen) atoms. The first kappa shape index (κ1) is 41.1. The Balaban J connectivity index is 0.906. The highest BCUT2D eigenvalue weighted by Gasteiger charge is 2.42. The molecule has 5 atom stereocenters. The van der Waals surface area contributed by atoms with Crippen LogP contribution in [0.5, 0.6) is 0 Å². The molecular formula is C44H54N8O8S. The number of methoxy groups -OCH3 is 2. The SMILES string of the molecule is COC(=O)NC(C(=O)N1CCC[C@H]1c1ncc(-c2ccc(-c3sc(-c4cnc([C@@H]5CCCN5C(=O)C(NC(=O)OC)C5CCOCC5)[nH]4)c4c3CCC4)cc2)[nH]1)C1CCOC1. The molecule has 5 aliphatic rings. The van der Waals surface area contributed by atoms with Crippen LogP contribution in [0.15, 0.2) is 36.7 Å². The molecule has 0 bridgehead atoms. The maximum Gasteiger partial charge on any atom is 0.407 e. The molecule has 4 amide bonds. The first-order valence-electron chi connectivity index (χ1n) is 21.6. The van der Waals surface area contributed by atoms with Crippen LogP contribution in [0, 0.1) is 11.8 Å². The van der Waals surface area contributed by atoms with Crippen LogP contribution < -0.4 is 10.6 Å². The molecule has 4 fully saturated rings. The molecule has 0 saturated carbocycles. The largest absolute Gasteiger partial charge is 0.453 e. The average molecular weight is 855 g/mol. The predicted octanol–water partition coefficient (Wildman–Crippen LogP) is 5.92. The van der Waals surface area contributed by atoms with Crippen LogP contribution in [0.2, 0.25) is 0 Å². The molecular weight excluding hydrogens is 801 g/mol. The summed E-state index contributed by atoms with van der Waals surface area (Å²) in [6, 6.07) is 6.72. The summed E-state index contributed by atoms with van der Waals surface area (Å²) in [5, 5.41) is 5.61. The van der Waals surface area contributed by atoms with Crippen molar-refractivity contribution in [2.24, 2.45) is 11.8 Å². The fourth-order valence-electron chi connectivity index (χ4n) is 9.98. The molecule has 3 unspecified atom stereocenters. The predicted molar refractivity (Wildman–Crippen MR) is 225 cm³/mol. The lowest BCUT2D eigenvalue weighted by atomic mass is 9.90. The quantitative estimate of drug-likeness (QED) is 0.141. The Morgan fingerprint density at radius 1 is 0.689 bits per heavy atom. The molecule has 1 aromatic carbocycles. The van der Waals surface area contributed by atoms with E-state index in [1.165, 1.54) is 35.1 Å². The molecule has 4 N–H and O–H groups in total. The van der Waals surface area contributed by atoms with Crippen molar-refractivity contribution in [2.45, 2.75) is 88.4 Å². The highest BCUT2D eigenvalue weighted by atomic mass is 32.1. The Morgan fingerprint density at radius 3 is 1.80 bits per heavy atom. The number of carbonyl (C=O) groups is 4. The number of benzene rings is 1. The number of thiophene rings is 1. The number of rotatable bonds is 11. The third kappa shape index (κ3) is 8.26. The van der Waals surface area contributed by atoms with E-state index in [1.54, 1.807) is 11.3 Å². The number of aromatic amines is 2. The zero-order valence-corrected chi connectivity index (χ0v) is 35.5. The summed E-state index contributed by atoms with van der Waals surface area (Å²) in [4.78, 5) is 75.5. The average Bonchev–Trinajstić information content (AvgIpc) is 4.14. The van der Waals surface area contributed by atoms with Crippen molar-refractivity contribution in [1.29, 1.82) is 0 Å². The number of fused-ring (bicyclic) bond motifs is 1. The first-order valence-corrected chi connectivity index (χ1v) is 22.4. The Morgan fingerprint density at radius 2 is 1.21 bits per heavy atom. The molecule has 3 aromatic heterocycles. The minimum absolute atomic E-state index is 0.0261. The van der Waals surface area contributed by atoms with Gasteiger partial charge in [0.1, 0.15) is 23.7 Å². The number of alkyl carbamates (subject to hydrolysis) is 2. The second kappa shape index (κ2) is 18.0. The summed E-state index contributed by atoms with van der Waals surface area (Å²) < 4.78 is 20.9. The van der Waals surface area contributed by atoms with Crippen LogP contribution in [0.1, 0.15) is 86.2 Å². The van der Waals surface area contributed by atoms with Crippen LogP contribution in [0.25, 0.3) is 32.3 Å². The number of carbonyl (C=O) groups excluding carboxylic acids is 4. The number of hydrogen-bond acceptors (Lipinski definition) is 11. The van der Waals surface area contributed by atoms with Gasteiger partial charge in [-0.1, -0.05) is 24.3 Å². The molecule has 4 saturated heterocycles. The van der Waals surface area contributed by atoms with Crippen LogP contribution in [-0.4, -0.2) is 120 Å². The highest BCUT2D eigenvalue weighted by molar-refractivity contribution is 7.19. The third-order valence-electron chi connectivity index (χ3n) is 13.2. The van der Waals surface area contributed by atoms with Crippen molar-refractivity contribution in [3.63, 3.8) is 0 Å². The molecule has 0 spiro atoms. The summed E-state index contributed by atoms with van der Waals surface area (Å²) in [5.74, 6) is 1.11. The number of H-pyrrole nitrogens is 2. The van der Waals surface area contributed by atoms with Crippen molar-refractivity contribution >= 4 is 35.3 Å². The van der Waals surface area contributed by atoms with E-state index in [4.69, 9.17) is 28.9 Å². The number of nitrogens with one attached hydrogen (secondary N) is 4. The highest BCUT2D eigenvalue weighted by Crippen LogP contribution is 2.47. The van der Waals surface area contributed by atoms with Gasteiger partial charge in [-0.15, -0.1) is 11.3 Å². The number of nitrogens with zero attached hydrogens (tertiary/aromatic N) is 4. The zero-order chi connectivity index (χ0) is 42.0. The Hall–Kier alpha value is -5.26. The smallest absolute Gasteiger partial charge is 0.407 e. The number of aromatic nitrogens is 4. The molecule has 324 valence electrons. The zero-order valence-electron chi connectivity index (χ0n) is 34.7.